The zero-order valence-electron chi connectivity index (χ0n) is 10.4. The number of carboxylic acids is 1. The number of carbonyl (C=O) groups excluding carboxylic acids is 1. The van der Waals surface area contributed by atoms with Crippen molar-refractivity contribution in [2.45, 2.75) is 19.4 Å². The number of alkyl halides is 1. The molecule has 1 rings (SSSR count). The summed E-state index contributed by atoms with van der Waals surface area (Å²) in [6, 6.07) is 4.64. The van der Waals surface area contributed by atoms with Crippen molar-refractivity contribution >= 4 is 23.4 Å². The van der Waals surface area contributed by atoms with E-state index in [9.17, 15) is 14.7 Å². The van der Waals surface area contributed by atoms with E-state index in [1.165, 1.54) is 6.07 Å². The van der Waals surface area contributed by atoms with Gasteiger partial charge in [-0.3, -0.25) is 4.79 Å². The van der Waals surface area contributed by atoms with Gasteiger partial charge in [-0.15, -0.1) is 11.6 Å². The highest BCUT2D eigenvalue weighted by Gasteiger charge is 2.21. The quantitative estimate of drug-likeness (QED) is 0.743. The molecule has 0 radical (unpaired) electrons. The fourth-order valence-electron chi connectivity index (χ4n) is 1.62. The molecule has 1 aromatic carbocycles. The number of ketones is 1. The third-order valence-electron chi connectivity index (χ3n) is 2.45. The molecule has 0 amide bonds. The molecular weight excluding hydrogens is 272 g/mol. The Labute approximate surface area is 115 Å². The van der Waals surface area contributed by atoms with E-state index >= 15 is 0 Å². The average Bonchev–Trinajstić information content (AvgIpc) is 2.39. The standard InChI is InChI=1S/C13H15ClO5/c1-2-19-11-4-3-8(5-9(15)7-14)6-10(11)12(16)13(17)18/h3-4,6,12,16H,2,5,7H2,1H3,(H,17,18). The van der Waals surface area contributed by atoms with Crippen molar-refractivity contribution < 1.29 is 24.5 Å². The summed E-state index contributed by atoms with van der Waals surface area (Å²) in [4.78, 5) is 22.1. The summed E-state index contributed by atoms with van der Waals surface area (Å²) in [5, 5.41) is 18.5. The second kappa shape index (κ2) is 7.11. The highest BCUT2D eigenvalue weighted by atomic mass is 35.5. The number of aliphatic hydroxyl groups excluding tert-OH is 1. The van der Waals surface area contributed by atoms with Gasteiger partial charge in [0, 0.05) is 12.0 Å². The lowest BCUT2D eigenvalue weighted by atomic mass is 10.0. The van der Waals surface area contributed by atoms with Crippen LogP contribution in [-0.2, 0) is 16.0 Å². The first-order valence-electron chi connectivity index (χ1n) is 5.73. The molecule has 0 aromatic heterocycles. The van der Waals surface area contributed by atoms with Crippen LogP contribution in [0, 0.1) is 0 Å². The zero-order chi connectivity index (χ0) is 14.4. The van der Waals surface area contributed by atoms with Crippen molar-refractivity contribution in [2.75, 3.05) is 12.5 Å². The summed E-state index contributed by atoms with van der Waals surface area (Å²) < 4.78 is 5.26. The van der Waals surface area contributed by atoms with Gasteiger partial charge in [0.05, 0.1) is 12.5 Å². The van der Waals surface area contributed by atoms with Gasteiger partial charge >= 0.3 is 5.97 Å². The minimum atomic E-state index is -1.69. The van der Waals surface area contributed by atoms with Gasteiger partial charge in [-0.1, -0.05) is 6.07 Å². The highest BCUT2D eigenvalue weighted by molar-refractivity contribution is 6.27. The van der Waals surface area contributed by atoms with Crippen molar-refractivity contribution in [3.05, 3.63) is 29.3 Å². The molecule has 0 spiro atoms. The van der Waals surface area contributed by atoms with Crippen LogP contribution >= 0.6 is 11.6 Å². The van der Waals surface area contributed by atoms with Gasteiger partial charge in [-0.25, -0.2) is 4.79 Å². The molecule has 0 bridgehead atoms. The molecule has 0 aliphatic carbocycles. The molecule has 0 saturated heterocycles. The average molecular weight is 287 g/mol. The maximum Gasteiger partial charge on any atom is 0.337 e. The van der Waals surface area contributed by atoms with Crippen molar-refractivity contribution in [2.24, 2.45) is 0 Å². The number of carboxylic acid groups (broad SMARTS) is 1. The van der Waals surface area contributed by atoms with Gasteiger partial charge in [-0.2, -0.15) is 0 Å². The van der Waals surface area contributed by atoms with E-state index in [1.54, 1.807) is 19.1 Å². The van der Waals surface area contributed by atoms with E-state index in [-0.39, 0.29) is 23.6 Å². The summed E-state index contributed by atoms with van der Waals surface area (Å²) in [5.74, 6) is -1.37. The van der Waals surface area contributed by atoms with Crippen LogP contribution in [0.3, 0.4) is 0 Å². The Bertz CT molecular complexity index is 472. The van der Waals surface area contributed by atoms with Crippen LogP contribution in [0.2, 0.25) is 0 Å². The van der Waals surface area contributed by atoms with Gasteiger partial charge < -0.3 is 14.9 Å². The number of Topliss-reactive ketones (excluding diaryl/α,β-unsaturated/α-hetero) is 1. The Kier molecular flexibility index (Phi) is 5.79. The second-order valence-electron chi connectivity index (χ2n) is 3.90. The van der Waals surface area contributed by atoms with E-state index in [0.717, 1.165) is 0 Å². The smallest absolute Gasteiger partial charge is 0.337 e. The molecule has 1 unspecified atom stereocenters. The van der Waals surface area contributed by atoms with E-state index < -0.39 is 12.1 Å². The molecule has 0 saturated carbocycles. The van der Waals surface area contributed by atoms with Crippen LogP contribution in [0.4, 0.5) is 0 Å². The molecule has 2 N–H and O–H groups in total. The van der Waals surface area contributed by atoms with Crippen LogP contribution in [0.5, 0.6) is 5.75 Å². The SMILES string of the molecule is CCOc1ccc(CC(=O)CCl)cc1C(O)C(=O)O. The van der Waals surface area contributed by atoms with Crippen LogP contribution in [0.25, 0.3) is 0 Å². The van der Waals surface area contributed by atoms with Gasteiger partial charge in [0.25, 0.3) is 0 Å². The number of rotatable bonds is 7. The number of aliphatic carboxylic acids is 1. The first-order chi connectivity index (χ1) is 8.99. The maximum atomic E-state index is 11.3. The Morgan fingerprint density at radius 2 is 2.11 bits per heavy atom. The fraction of sp³-hybridized carbons (Fsp3) is 0.385. The van der Waals surface area contributed by atoms with E-state index in [4.69, 9.17) is 21.4 Å². The zero-order valence-corrected chi connectivity index (χ0v) is 11.2. The van der Waals surface area contributed by atoms with E-state index in [0.29, 0.717) is 17.9 Å². The normalized spacial score (nSPS) is 11.9. The predicted octanol–water partition coefficient (Wildman–Crippen LogP) is 1.55. The molecule has 0 aliphatic heterocycles. The number of carbonyl (C=O) groups is 2. The summed E-state index contributed by atoms with van der Waals surface area (Å²) in [5.41, 5.74) is 0.721. The van der Waals surface area contributed by atoms with Gasteiger partial charge in [0.1, 0.15) is 5.75 Å². The molecule has 0 fully saturated rings. The molecule has 6 heteroatoms. The lowest BCUT2D eigenvalue weighted by Gasteiger charge is -2.14. The number of ether oxygens (including phenoxy) is 1. The van der Waals surface area contributed by atoms with Gasteiger partial charge in [0.2, 0.25) is 0 Å². The van der Waals surface area contributed by atoms with Crippen molar-refractivity contribution in [1.82, 2.24) is 0 Å². The largest absolute Gasteiger partial charge is 0.493 e. The molecule has 1 aromatic rings. The molecular formula is C13H15ClO5. The first kappa shape index (κ1) is 15.5. The van der Waals surface area contributed by atoms with E-state index in [2.05, 4.69) is 0 Å². The molecule has 19 heavy (non-hydrogen) atoms. The number of hydrogen-bond donors (Lipinski definition) is 2. The highest BCUT2D eigenvalue weighted by Crippen LogP contribution is 2.27. The predicted molar refractivity (Wildman–Crippen MR) is 69.6 cm³/mol. The summed E-state index contributed by atoms with van der Waals surface area (Å²) >= 11 is 5.42. The molecule has 0 heterocycles. The van der Waals surface area contributed by atoms with Gasteiger partial charge in [0.15, 0.2) is 11.9 Å². The minimum absolute atomic E-state index is 0.0925. The summed E-state index contributed by atoms with van der Waals surface area (Å²) in [6.45, 7) is 2.10. The molecule has 5 nitrogen and oxygen atoms in total. The summed E-state index contributed by atoms with van der Waals surface area (Å²) in [7, 11) is 0. The van der Waals surface area contributed by atoms with Crippen molar-refractivity contribution in [1.29, 1.82) is 0 Å². The molecule has 104 valence electrons. The lowest BCUT2D eigenvalue weighted by Crippen LogP contribution is -2.13. The Balaban J connectivity index is 3.10. The molecule has 0 aliphatic rings. The number of aliphatic hydroxyl groups is 1. The van der Waals surface area contributed by atoms with E-state index in [1.807, 2.05) is 0 Å². The third kappa shape index (κ3) is 4.22. The third-order valence-corrected chi connectivity index (χ3v) is 2.75. The van der Waals surface area contributed by atoms with Crippen LogP contribution in [-0.4, -0.2) is 34.5 Å². The van der Waals surface area contributed by atoms with Crippen LogP contribution in [0.1, 0.15) is 24.2 Å². The number of halogens is 1. The monoisotopic (exact) mass is 286 g/mol. The van der Waals surface area contributed by atoms with Crippen LogP contribution in [0.15, 0.2) is 18.2 Å². The van der Waals surface area contributed by atoms with Gasteiger partial charge in [-0.05, 0) is 24.6 Å². The Hall–Kier alpha value is -1.59. The van der Waals surface area contributed by atoms with Crippen molar-refractivity contribution in [3.8, 4) is 5.75 Å². The topological polar surface area (TPSA) is 83.8 Å². The second-order valence-corrected chi connectivity index (χ2v) is 4.16. The summed E-state index contributed by atoms with van der Waals surface area (Å²) in [6.07, 6.45) is -1.59. The number of hydrogen-bond acceptors (Lipinski definition) is 4. The Morgan fingerprint density at radius 3 is 2.63 bits per heavy atom. The number of benzene rings is 1. The first-order valence-corrected chi connectivity index (χ1v) is 6.27. The Morgan fingerprint density at radius 1 is 1.42 bits per heavy atom. The fourth-order valence-corrected chi connectivity index (χ4v) is 1.71. The lowest BCUT2D eigenvalue weighted by molar-refractivity contribution is -0.147. The van der Waals surface area contributed by atoms with Crippen LogP contribution < -0.4 is 4.74 Å². The maximum absolute atomic E-state index is 11.3. The van der Waals surface area contributed by atoms with Crippen molar-refractivity contribution in [3.63, 3.8) is 0 Å². The minimum Gasteiger partial charge on any atom is -0.493 e. The molecule has 1 atom stereocenters.